The molecule has 2 N–H and O–H groups in total. The van der Waals surface area contributed by atoms with Crippen LogP contribution in [-0.2, 0) is 4.74 Å². The molecule has 0 aliphatic heterocycles. The van der Waals surface area contributed by atoms with Crippen molar-refractivity contribution in [2.75, 3.05) is 38.0 Å². The third kappa shape index (κ3) is 4.92. The van der Waals surface area contributed by atoms with Gasteiger partial charge in [0, 0.05) is 43.2 Å². The molecule has 0 aliphatic carbocycles. The van der Waals surface area contributed by atoms with E-state index < -0.39 is 10.8 Å². The number of methoxy groups -OCH3 is 2. The molecule has 25 heavy (non-hydrogen) atoms. The van der Waals surface area contributed by atoms with E-state index in [0.29, 0.717) is 30.3 Å². The highest BCUT2D eigenvalue weighted by Crippen LogP contribution is 2.24. The fourth-order valence-corrected chi connectivity index (χ4v) is 2.17. The number of ether oxygens (including phenoxy) is 2. The first-order valence-corrected chi connectivity index (χ1v) is 7.52. The van der Waals surface area contributed by atoms with Gasteiger partial charge in [0.05, 0.1) is 24.2 Å². The van der Waals surface area contributed by atoms with Gasteiger partial charge in [-0.3, -0.25) is 14.9 Å². The molecule has 8 nitrogen and oxygen atoms in total. The summed E-state index contributed by atoms with van der Waals surface area (Å²) < 4.78 is 10.1. The van der Waals surface area contributed by atoms with Crippen LogP contribution in [0.25, 0.3) is 0 Å². The van der Waals surface area contributed by atoms with E-state index in [9.17, 15) is 14.9 Å². The summed E-state index contributed by atoms with van der Waals surface area (Å²) in [4.78, 5) is 23.1. The summed E-state index contributed by atoms with van der Waals surface area (Å²) in [6, 6.07) is 10.9. The number of non-ortho nitro benzene ring substituents is 1. The first-order chi connectivity index (χ1) is 12.0. The predicted octanol–water partition coefficient (Wildman–Crippen LogP) is 2.91. The van der Waals surface area contributed by atoms with Gasteiger partial charge in [-0.2, -0.15) is 0 Å². The first kappa shape index (κ1) is 18.2. The Labute approximate surface area is 144 Å². The Kier molecular flexibility index (Phi) is 6.30. The molecule has 0 aromatic heterocycles. The van der Waals surface area contributed by atoms with Gasteiger partial charge in [-0.1, -0.05) is 6.07 Å². The van der Waals surface area contributed by atoms with Crippen molar-refractivity contribution in [2.24, 2.45) is 0 Å². The monoisotopic (exact) mass is 345 g/mol. The van der Waals surface area contributed by atoms with Crippen molar-refractivity contribution < 1.29 is 19.2 Å². The van der Waals surface area contributed by atoms with Crippen molar-refractivity contribution >= 4 is 23.0 Å². The molecule has 2 aromatic carbocycles. The van der Waals surface area contributed by atoms with Crippen molar-refractivity contribution in [2.45, 2.75) is 0 Å². The van der Waals surface area contributed by atoms with Crippen molar-refractivity contribution in [3.8, 4) is 5.75 Å². The highest BCUT2D eigenvalue weighted by Gasteiger charge is 2.17. The van der Waals surface area contributed by atoms with E-state index >= 15 is 0 Å². The number of hydrogen-bond donors (Lipinski definition) is 2. The number of benzene rings is 2. The van der Waals surface area contributed by atoms with Crippen molar-refractivity contribution in [3.05, 3.63) is 58.1 Å². The van der Waals surface area contributed by atoms with Crippen LogP contribution in [0.15, 0.2) is 42.5 Å². The minimum absolute atomic E-state index is 0.159. The quantitative estimate of drug-likeness (QED) is 0.433. The summed E-state index contributed by atoms with van der Waals surface area (Å²) in [5.74, 6) is 0.132. The number of carbonyl (C=O) groups excluding carboxylic acids is 1. The molecule has 2 aromatic rings. The average molecular weight is 345 g/mol. The molecule has 0 saturated carbocycles. The number of nitrogens with zero attached hydrogens (tertiary/aromatic N) is 1. The molecular formula is C17H19N3O5. The van der Waals surface area contributed by atoms with Gasteiger partial charge in [-0.05, 0) is 18.2 Å². The smallest absolute Gasteiger partial charge is 0.270 e. The van der Waals surface area contributed by atoms with Crippen LogP contribution < -0.4 is 15.4 Å². The van der Waals surface area contributed by atoms with Gasteiger partial charge < -0.3 is 20.1 Å². The van der Waals surface area contributed by atoms with Gasteiger partial charge in [-0.15, -0.1) is 0 Å². The Bertz CT molecular complexity index is 764. The summed E-state index contributed by atoms with van der Waals surface area (Å²) >= 11 is 0. The van der Waals surface area contributed by atoms with Gasteiger partial charge in [0.15, 0.2) is 0 Å². The molecule has 8 heteroatoms. The van der Waals surface area contributed by atoms with Gasteiger partial charge in [-0.25, -0.2) is 0 Å². The van der Waals surface area contributed by atoms with Crippen LogP contribution in [-0.4, -0.2) is 38.2 Å². The molecule has 0 heterocycles. The fourth-order valence-electron chi connectivity index (χ4n) is 2.17. The zero-order chi connectivity index (χ0) is 18.2. The number of carbonyl (C=O) groups is 1. The molecule has 0 unspecified atom stereocenters. The first-order valence-electron chi connectivity index (χ1n) is 7.52. The molecule has 1 amide bonds. The largest absolute Gasteiger partial charge is 0.497 e. The van der Waals surface area contributed by atoms with Gasteiger partial charge in [0.2, 0.25) is 0 Å². The molecule has 0 bridgehead atoms. The van der Waals surface area contributed by atoms with E-state index in [1.54, 1.807) is 31.4 Å². The molecule has 0 spiro atoms. The standard InChI is InChI=1S/C17H19N3O5/c1-24-9-8-18-16-7-6-13(20(22)23)11-15(16)17(21)19-12-4-3-5-14(10-12)25-2/h3-7,10-11,18H,8-9H2,1-2H3,(H,19,21). The molecule has 132 valence electrons. The van der Waals surface area contributed by atoms with E-state index in [4.69, 9.17) is 9.47 Å². The summed E-state index contributed by atoms with van der Waals surface area (Å²) in [6.45, 7) is 0.904. The number of amides is 1. The van der Waals surface area contributed by atoms with Crippen molar-refractivity contribution in [3.63, 3.8) is 0 Å². The van der Waals surface area contributed by atoms with Crippen LogP contribution in [0, 0.1) is 10.1 Å². The SMILES string of the molecule is COCCNc1ccc([N+](=O)[O-])cc1C(=O)Nc1cccc(OC)c1. The lowest BCUT2D eigenvalue weighted by Crippen LogP contribution is -2.17. The lowest BCUT2D eigenvalue weighted by Gasteiger charge is -2.12. The topological polar surface area (TPSA) is 103 Å². The minimum atomic E-state index is -0.540. The maximum Gasteiger partial charge on any atom is 0.270 e. The normalized spacial score (nSPS) is 10.2. The van der Waals surface area contributed by atoms with Crippen molar-refractivity contribution in [1.82, 2.24) is 0 Å². The Morgan fingerprint density at radius 3 is 2.68 bits per heavy atom. The van der Waals surface area contributed by atoms with Crippen LogP contribution in [0.5, 0.6) is 5.75 Å². The van der Waals surface area contributed by atoms with Crippen molar-refractivity contribution in [1.29, 1.82) is 0 Å². The number of nitro groups is 1. The predicted molar refractivity (Wildman–Crippen MR) is 94.4 cm³/mol. The highest BCUT2D eigenvalue weighted by molar-refractivity contribution is 6.08. The second kappa shape index (κ2) is 8.65. The highest BCUT2D eigenvalue weighted by atomic mass is 16.6. The molecule has 0 radical (unpaired) electrons. The Hall–Kier alpha value is -3.13. The number of anilines is 2. The fraction of sp³-hybridized carbons (Fsp3) is 0.235. The van der Waals surface area contributed by atoms with Gasteiger partial charge >= 0.3 is 0 Å². The molecular weight excluding hydrogens is 326 g/mol. The maximum absolute atomic E-state index is 12.6. The van der Waals surface area contributed by atoms with Crippen LogP contribution in [0.3, 0.4) is 0 Å². The number of hydrogen-bond acceptors (Lipinski definition) is 6. The summed E-state index contributed by atoms with van der Waals surface area (Å²) in [5.41, 5.74) is 1.03. The Balaban J connectivity index is 2.27. The molecule has 0 aliphatic rings. The zero-order valence-corrected chi connectivity index (χ0v) is 13.9. The number of nitrogens with one attached hydrogen (secondary N) is 2. The summed E-state index contributed by atoms with van der Waals surface area (Å²) in [5, 5.41) is 16.8. The maximum atomic E-state index is 12.6. The van der Waals surface area contributed by atoms with Gasteiger partial charge in [0.25, 0.3) is 11.6 Å². The van der Waals surface area contributed by atoms with Gasteiger partial charge in [0.1, 0.15) is 5.75 Å². The Morgan fingerprint density at radius 1 is 1.20 bits per heavy atom. The second-order valence-electron chi connectivity index (χ2n) is 5.09. The van der Waals surface area contributed by atoms with Crippen LogP contribution in [0.4, 0.5) is 17.1 Å². The zero-order valence-electron chi connectivity index (χ0n) is 13.9. The average Bonchev–Trinajstić information content (AvgIpc) is 2.62. The lowest BCUT2D eigenvalue weighted by atomic mass is 10.1. The van der Waals surface area contributed by atoms with E-state index in [2.05, 4.69) is 10.6 Å². The van der Waals surface area contributed by atoms with Crippen LogP contribution >= 0.6 is 0 Å². The third-order valence-electron chi connectivity index (χ3n) is 3.41. The van der Waals surface area contributed by atoms with E-state index in [0.717, 1.165) is 0 Å². The second-order valence-corrected chi connectivity index (χ2v) is 5.09. The van der Waals surface area contributed by atoms with E-state index in [1.165, 1.54) is 25.3 Å². The number of nitro benzene ring substituents is 1. The van der Waals surface area contributed by atoms with E-state index in [1.807, 2.05) is 0 Å². The summed E-state index contributed by atoms with van der Waals surface area (Å²) in [6.07, 6.45) is 0. The van der Waals surface area contributed by atoms with Crippen LogP contribution in [0.1, 0.15) is 10.4 Å². The summed E-state index contributed by atoms with van der Waals surface area (Å²) in [7, 11) is 3.09. The molecule has 0 atom stereocenters. The minimum Gasteiger partial charge on any atom is -0.497 e. The van der Waals surface area contributed by atoms with E-state index in [-0.39, 0.29) is 11.3 Å². The lowest BCUT2D eigenvalue weighted by molar-refractivity contribution is -0.384. The molecule has 0 fully saturated rings. The Morgan fingerprint density at radius 2 is 2.00 bits per heavy atom. The third-order valence-corrected chi connectivity index (χ3v) is 3.41. The number of rotatable bonds is 8. The molecule has 2 rings (SSSR count). The molecule has 0 saturated heterocycles. The van der Waals surface area contributed by atoms with Crippen LogP contribution in [0.2, 0.25) is 0 Å².